The minimum atomic E-state index is 0.398. The summed E-state index contributed by atoms with van der Waals surface area (Å²) in [7, 11) is 0. The molecule has 0 radical (unpaired) electrons. The molecule has 0 aliphatic heterocycles. The van der Waals surface area contributed by atoms with Crippen LogP contribution in [0, 0.1) is 11.8 Å². The van der Waals surface area contributed by atoms with Crippen LogP contribution in [0.25, 0.3) is 0 Å². The van der Waals surface area contributed by atoms with Gasteiger partial charge in [0.2, 0.25) is 0 Å². The van der Waals surface area contributed by atoms with Crippen molar-refractivity contribution in [2.75, 3.05) is 13.1 Å². The van der Waals surface area contributed by atoms with Gasteiger partial charge in [0.05, 0.1) is 6.04 Å². The molecular formula is C16H23N. The van der Waals surface area contributed by atoms with Gasteiger partial charge in [0.25, 0.3) is 0 Å². The summed E-state index contributed by atoms with van der Waals surface area (Å²) in [5.74, 6) is 6.70. The van der Waals surface area contributed by atoms with E-state index < -0.39 is 0 Å². The third-order valence-electron chi connectivity index (χ3n) is 2.97. The van der Waals surface area contributed by atoms with Crippen molar-refractivity contribution in [3.8, 4) is 11.8 Å². The number of rotatable bonds is 5. The molecule has 17 heavy (non-hydrogen) atoms. The van der Waals surface area contributed by atoms with E-state index in [9.17, 15) is 0 Å². The summed E-state index contributed by atoms with van der Waals surface area (Å²) < 4.78 is 0. The van der Waals surface area contributed by atoms with Crippen LogP contribution in [0.5, 0.6) is 0 Å². The van der Waals surface area contributed by atoms with E-state index in [2.05, 4.69) is 49.6 Å². The highest BCUT2D eigenvalue weighted by Gasteiger charge is 2.10. The van der Waals surface area contributed by atoms with Crippen LogP contribution in [-0.2, 0) is 0 Å². The molecule has 1 aromatic carbocycles. The summed E-state index contributed by atoms with van der Waals surface area (Å²) in [5, 5.41) is 0. The lowest BCUT2D eigenvalue weighted by atomic mass is 10.1. The zero-order chi connectivity index (χ0) is 12.5. The van der Waals surface area contributed by atoms with E-state index in [-0.39, 0.29) is 0 Å². The Hall–Kier alpha value is -1.26. The number of benzene rings is 1. The Morgan fingerprint density at radius 2 is 1.71 bits per heavy atom. The van der Waals surface area contributed by atoms with Gasteiger partial charge in [-0.2, -0.15) is 0 Å². The second kappa shape index (κ2) is 7.92. The van der Waals surface area contributed by atoms with Gasteiger partial charge in [-0.1, -0.05) is 57.2 Å². The molecule has 0 bridgehead atoms. The number of hydrogen-bond donors (Lipinski definition) is 0. The van der Waals surface area contributed by atoms with Crippen LogP contribution in [0.2, 0.25) is 0 Å². The predicted molar refractivity (Wildman–Crippen MR) is 74.9 cm³/mol. The van der Waals surface area contributed by atoms with Crippen LogP contribution in [0.15, 0.2) is 30.3 Å². The zero-order valence-electron chi connectivity index (χ0n) is 11.2. The van der Waals surface area contributed by atoms with Crippen molar-refractivity contribution in [1.29, 1.82) is 0 Å². The van der Waals surface area contributed by atoms with Crippen LogP contribution in [0.4, 0.5) is 0 Å². The van der Waals surface area contributed by atoms with Gasteiger partial charge in [-0.05, 0) is 31.6 Å². The van der Waals surface area contributed by atoms with Gasteiger partial charge in [-0.25, -0.2) is 0 Å². The van der Waals surface area contributed by atoms with Gasteiger partial charge >= 0.3 is 0 Å². The maximum Gasteiger partial charge on any atom is 0.0718 e. The van der Waals surface area contributed by atoms with E-state index in [1.807, 2.05) is 18.2 Å². The van der Waals surface area contributed by atoms with Crippen molar-refractivity contribution in [2.45, 2.75) is 39.7 Å². The molecule has 0 spiro atoms. The highest BCUT2D eigenvalue weighted by Crippen LogP contribution is 2.06. The third-order valence-corrected chi connectivity index (χ3v) is 2.97. The van der Waals surface area contributed by atoms with Gasteiger partial charge in [0, 0.05) is 5.56 Å². The van der Waals surface area contributed by atoms with Crippen LogP contribution < -0.4 is 0 Å². The third kappa shape index (κ3) is 4.63. The first-order valence-electron chi connectivity index (χ1n) is 6.62. The first-order valence-corrected chi connectivity index (χ1v) is 6.62. The first kappa shape index (κ1) is 13.8. The molecule has 1 heteroatoms. The average Bonchev–Trinajstić information content (AvgIpc) is 2.38. The molecular weight excluding hydrogens is 206 g/mol. The lowest BCUT2D eigenvalue weighted by molar-refractivity contribution is 0.250. The quantitative estimate of drug-likeness (QED) is 0.698. The van der Waals surface area contributed by atoms with Crippen LogP contribution >= 0.6 is 0 Å². The highest BCUT2D eigenvalue weighted by molar-refractivity contribution is 5.34. The molecule has 0 fully saturated rings. The lowest BCUT2D eigenvalue weighted by Gasteiger charge is -2.24. The summed E-state index contributed by atoms with van der Waals surface area (Å²) in [6.07, 6.45) is 2.34. The van der Waals surface area contributed by atoms with E-state index in [0.717, 1.165) is 25.1 Å². The molecule has 0 aliphatic rings. The SMILES string of the molecule is CCCC(C#Cc1ccccc1)N(CC)CC. The van der Waals surface area contributed by atoms with E-state index in [4.69, 9.17) is 0 Å². The molecule has 0 saturated carbocycles. The number of hydrogen-bond acceptors (Lipinski definition) is 1. The Balaban J connectivity index is 2.76. The molecule has 0 aliphatic carbocycles. The second-order valence-corrected chi connectivity index (χ2v) is 4.16. The molecule has 1 nitrogen and oxygen atoms in total. The van der Waals surface area contributed by atoms with Gasteiger partial charge in [0.1, 0.15) is 0 Å². The van der Waals surface area contributed by atoms with Crippen LogP contribution in [0.1, 0.15) is 39.2 Å². The summed E-state index contributed by atoms with van der Waals surface area (Å²) in [4.78, 5) is 2.43. The maximum absolute atomic E-state index is 3.41. The van der Waals surface area contributed by atoms with Crippen molar-refractivity contribution in [3.63, 3.8) is 0 Å². The molecule has 0 saturated heterocycles. The Morgan fingerprint density at radius 1 is 1.06 bits per heavy atom. The van der Waals surface area contributed by atoms with Gasteiger partial charge in [-0.15, -0.1) is 0 Å². The molecule has 1 aromatic rings. The topological polar surface area (TPSA) is 3.24 Å². The Kier molecular flexibility index (Phi) is 6.43. The zero-order valence-corrected chi connectivity index (χ0v) is 11.2. The summed E-state index contributed by atoms with van der Waals surface area (Å²) >= 11 is 0. The van der Waals surface area contributed by atoms with E-state index >= 15 is 0 Å². The van der Waals surface area contributed by atoms with Crippen molar-refractivity contribution >= 4 is 0 Å². The minimum Gasteiger partial charge on any atom is -0.290 e. The summed E-state index contributed by atoms with van der Waals surface area (Å²) in [6.45, 7) is 8.78. The molecule has 92 valence electrons. The standard InChI is InChI=1S/C16H23N/c1-4-10-16(17(5-2)6-3)14-13-15-11-8-7-9-12-15/h7-9,11-12,16H,4-6,10H2,1-3H3. The van der Waals surface area contributed by atoms with Gasteiger partial charge in [0.15, 0.2) is 0 Å². The first-order chi connectivity index (χ1) is 8.31. The normalized spacial score (nSPS) is 12.0. The van der Waals surface area contributed by atoms with E-state index in [1.54, 1.807) is 0 Å². The molecule has 1 unspecified atom stereocenters. The number of nitrogens with zero attached hydrogens (tertiary/aromatic N) is 1. The maximum atomic E-state index is 3.41. The van der Waals surface area contributed by atoms with Crippen molar-refractivity contribution < 1.29 is 0 Å². The van der Waals surface area contributed by atoms with Crippen LogP contribution in [-0.4, -0.2) is 24.0 Å². The molecule has 0 N–H and O–H groups in total. The molecule has 1 atom stereocenters. The summed E-state index contributed by atoms with van der Waals surface area (Å²) in [5.41, 5.74) is 1.11. The Bertz CT molecular complexity index is 354. The van der Waals surface area contributed by atoms with Crippen LogP contribution in [0.3, 0.4) is 0 Å². The fourth-order valence-corrected chi connectivity index (χ4v) is 1.97. The highest BCUT2D eigenvalue weighted by atomic mass is 15.1. The predicted octanol–water partition coefficient (Wildman–Crippen LogP) is 3.55. The Morgan fingerprint density at radius 3 is 2.24 bits per heavy atom. The van der Waals surface area contributed by atoms with E-state index in [0.29, 0.717) is 6.04 Å². The molecule has 0 amide bonds. The molecule has 0 aromatic heterocycles. The van der Waals surface area contributed by atoms with Gasteiger partial charge in [-0.3, -0.25) is 4.90 Å². The molecule has 0 heterocycles. The second-order valence-electron chi connectivity index (χ2n) is 4.16. The fraction of sp³-hybridized carbons (Fsp3) is 0.500. The lowest BCUT2D eigenvalue weighted by Crippen LogP contribution is -2.33. The fourth-order valence-electron chi connectivity index (χ4n) is 1.97. The Labute approximate surface area is 106 Å². The van der Waals surface area contributed by atoms with Crippen molar-refractivity contribution in [1.82, 2.24) is 4.90 Å². The van der Waals surface area contributed by atoms with Crippen molar-refractivity contribution in [3.05, 3.63) is 35.9 Å². The summed E-state index contributed by atoms with van der Waals surface area (Å²) in [6, 6.07) is 10.6. The largest absolute Gasteiger partial charge is 0.290 e. The minimum absolute atomic E-state index is 0.398. The van der Waals surface area contributed by atoms with Gasteiger partial charge < -0.3 is 0 Å². The smallest absolute Gasteiger partial charge is 0.0718 e. The average molecular weight is 229 g/mol. The van der Waals surface area contributed by atoms with Crippen molar-refractivity contribution in [2.24, 2.45) is 0 Å². The molecule has 1 rings (SSSR count). The monoisotopic (exact) mass is 229 g/mol. The van der Waals surface area contributed by atoms with E-state index in [1.165, 1.54) is 6.42 Å².